The van der Waals surface area contributed by atoms with E-state index in [4.69, 9.17) is 18.9 Å². The van der Waals surface area contributed by atoms with Crippen molar-refractivity contribution in [1.29, 1.82) is 0 Å². The third-order valence-electron chi connectivity index (χ3n) is 3.05. The standard InChI is InChI=1S/C14H20O11/c1-6(15)21-5-14(20)12(24-9(4)18)10(22-7(2)16)11(13(19)25-14)23-8(3)17/h10-13,19-20H,5H2,1-4H3/t10-,11-,12+,13-,14-/m1/s1. The van der Waals surface area contributed by atoms with Crippen molar-refractivity contribution in [2.75, 3.05) is 6.61 Å². The maximum absolute atomic E-state index is 11.4. The summed E-state index contributed by atoms with van der Waals surface area (Å²) in [6.45, 7) is 3.25. The predicted octanol–water partition coefficient (Wildman–Crippen LogP) is -1.62. The second-order valence-electron chi connectivity index (χ2n) is 5.31. The third kappa shape index (κ3) is 5.66. The molecule has 0 spiro atoms. The largest absolute Gasteiger partial charge is 0.460 e. The van der Waals surface area contributed by atoms with Gasteiger partial charge in [0.05, 0.1) is 0 Å². The van der Waals surface area contributed by atoms with Crippen LogP contribution in [0.1, 0.15) is 27.7 Å². The molecule has 0 bridgehead atoms. The molecule has 11 nitrogen and oxygen atoms in total. The van der Waals surface area contributed by atoms with Crippen LogP contribution in [0.3, 0.4) is 0 Å². The van der Waals surface area contributed by atoms with Gasteiger partial charge in [-0.25, -0.2) is 0 Å². The highest BCUT2D eigenvalue weighted by Gasteiger charge is 2.59. The van der Waals surface area contributed by atoms with E-state index in [2.05, 4.69) is 4.74 Å². The Morgan fingerprint density at radius 2 is 1.36 bits per heavy atom. The molecule has 0 aliphatic carbocycles. The summed E-state index contributed by atoms with van der Waals surface area (Å²) in [7, 11) is 0. The van der Waals surface area contributed by atoms with E-state index in [0.29, 0.717) is 0 Å². The highest BCUT2D eigenvalue weighted by atomic mass is 16.8. The molecule has 1 saturated heterocycles. The van der Waals surface area contributed by atoms with Crippen LogP contribution in [-0.2, 0) is 42.9 Å². The molecule has 142 valence electrons. The predicted molar refractivity (Wildman–Crippen MR) is 75.3 cm³/mol. The molecule has 25 heavy (non-hydrogen) atoms. The zero-order valence-electron chi connectivity index (χ0n) is 14.1. The minimum Gasteiger partial charge on any atom is -0.460 e. The first-order valence-corrected chi connectivity index (χ1v) is 7.19. The van der Waals surface area contributed by atoms with Crippen LogP contribution in [-0.4, -0.2) is 71.1 Å². The van der Waals surface area contributed by atoms with Gasteiger partial charge in [0.25, 0.3) is 0 Å². The molecular formula is C14H20O11. The monoisotopic (exact) mass is 364 g/mol. The fourth-order valence-corrected chi connectivity index (χ4v) is 2.23. The van der Waals surface area contributed by atoms with E-state index in [-0.39, 0.29) is 0 Å². The van der Waals surface area contributed by atoms with E-state index in [1.807, 2.05) is 0 Å². The molecule has 0 saturated carbocycles. The van der Waals surface area contributed by atoms with Gasteiger partial charge in [0.2, 0.25) is 5.79 Å². The minimum atomic E-state index is -2.55. The average molecular weight is 364 g/mol. The highest BCUT2D eigenvalue weighted by Crippen LogP contribution is 2.33. The van der Waals surface area contributed by atoms with Crippen molar-refractivity contribution in [2.24, 2.45) is 0 Å². The molecule has 0 aromatic rings. The summed E-state index contributed by atoms with van der Waals surface area (Å²) in [5.41, 5.74) is 0. The summed E-state index contributed by atoms with van der Waals surface area (Å²) in [6.07, 6.45) is -6.92. The van der Waals surface area contributed by atoms with Crippen LogP contribution in [0.15, 0.2) is 0 Å². The van der Waals surface area contributed by atoms with Gasteiger partial charge in [-0.1, -0.05) is 0 Å². The Balaban J connectivity index is 3.26. The van der Waals surface area contributed by atoms with E-state index in [1.54, 1.807) is 0 Å². The van der Waals surface area contributed by atoms with E-state index >= 15 is 0 Å². The van der Waals surface area contributed by atoms with Crippen molar-refractivity contribution < 1.29 is 53.1 Å². The first-order valence-electron chi connectivity index (χ1n) is 7.19. The van der Waals surface area contributed by atoms with Crippen LogP contribution in [0.25, 0.3) is 0 Å². The SMILES string of the molecule is CC(=O)OC[C@@]1(O)O[C@@H](O)[C@H](OC(C)=O)[C@@H](OC(C)=O)[C@@H]1OC(C)=O. The van der Waals surface area contributed by atoms with Gasteiger partial charge < -0.3 is 33.9 Å². The Hall–Kier alpha value is -2.24. The molecule has 1 rings (SSSR count). The number of hydrogen-bond acceptors (Lipinski definition) is 11. The Bertz CT molecular complexity index is 545. The van der Waals surface area contributed by atoms with Crippen LogP contribution in [0.4, 0.5) is 0 Å². The van der Waals surface area contributed by atoms with Gasteiger partial charge in [-0.05, 0) is 0 Å². The molecule has 0 radical (unpaired) electrons. The molecule has 1 aliphatic rings. The van der Waals surface area contributed by atoms with Crippen molar-refractivity contribution in [2.45, 2.75) is 58.1 Å². The lowest BCUT2D eigenvalue weighted by molar-refractivity contribution is -0.390. The molecule has 5 atom stereocenters. The average Bonchev–Trinajstić information content (AvgIpc) is 2.44. The minimum absolute atomic E-state index is 0.792. The summed E-state index contributed by atoms with van der Waals surface area (Å²) in [5.74, 6) is -5.96. The molecule has 0 aromatic heterocycles. The second kappa shape index (κ2) is 8.23. The van der Waals surface area contributed by atoms with Crippen LogP contribution in [0.5, 0.6) is 0 Å². The van der Waals surface area contributed by atoms with Gasteiger partial charge in [-0.3, -0.25) is 19.2 Å². The summed E-state index contributed by atoms with van der Waals surface area (Å²) in [4.78, 5) is 45.0. The highest BCUT2D eigenvalue weighted by molar-refractivity contribution is 5.68. The maximum Gasteiger partial charge on any atom is 0.303 e. The number of carbonyl (C=O) groups excluding carboxylic acids is 4. The summed E-state index contributed by atoms with van der Waals surface area (Å²) in [6, 6.07) is 0. The van der Waals surface area contributed by atoms with Gasteiger partial charge in [0.15, 0.2) is 24.6 Å². The third-order valence-corrected chi connectivity index (χ3v) is 3.05. The fraction of sp³-hybridized carbons (Fsp3) is 0.714. The molecule has 1 fully saturated rings. The molecule has 0 amide bonds. The van der Waals surface area contributed by atoms with Crippen molar-refractivity contribution in [3.05, 3.63) is 0 Å². The van der Waals surface area contributed by atoms with Gasteiger partial charge in [0.1, 0.15) is 6.61 Å². The van der Waals surface area contributed by atoms with E-state index < -0.39 is 60.9 Å². The van der Waals surface area contributed by atoms with Crippen molar-refractivity contribution >= 4 is 23.9 Å². The Morgan fingerprint density at radius 1 is 0.880 bits per heavy atom. The van der Waals surface area contributed by atoms with Crippen LogP contribution >= 0.6 is 0 Å². The van der Waals surface area contributed by atoms with Crippen LogP contribution in [0.2, 0.25) is 0 Å². The van der Waals surface area contributed by atoms with Crippen LogP contribution < -0.4 is 0 Å². The van der Waals surface area contributed by atoms with E-state index in [9.17, 15) is 29.4 Å². The van der Waals surface area contributed by atoms with Gasteiger partial charge in [0, 0.05) is 27.7 Å². The van der Waals surface area contributed by atoms with Crippen molar-refractivity contribution in [1.82, 2.24) is 0 Å². The van der Waals surface area contributed by atoms with Crippen LogP contribution in [0, 0.1) is 0 Å². The number of esters is 4. The summed E-state index contributed by atoms with van der Waals surface area (Å²) >= 11 is 0. The summed E-state index contributed by atoms with van der Waals surface area (Å²) in [5, 5.41) is 20.6. The number of ether oxygens (including phenoxy) is 5. The van der Waals surface area contributed by atoms with Gasteiger partial charge in [-0.2, -0.15) is 0 Å². The zero-order valence-corrected chi connectivity index (χ0v) is 14.1. The maximum atomic E-state index is 11.4. The van der Waals surface area contributed by atoms with Gasteiger partial charge in [-0.15, -0.1) is 0 Å². The molecule has 1 aliphatic heterocycles. The lowest BCUT2D eigenvalue weighted by atomic mass is 9.95. The quantitative estimate of drug-likeness (QED) is 0.427. The number of hydrogen-bond donors (Lipinski definition) is 2. The zero-order chi connectivity index (χ0) is 19.4. The molecule has 2 N–H and O–H groups in total. The second-order valence-corrected chi connectivity index (χ2v) is 5.31. The van der Waals surface area contributed by atoms with E-state index in [1.165, 1.54) is 0 Å². The number of carbonyl (C=O) groups is 4. The van der Waals surface area contributed by atoms with E-state index in [0.717, 1.165) is 27.7 Å². The first kappa shape index (κ1) is 20.8. The molecule has 0 aromatic carbocycles. The normalized spacial score (nSPS) is 31.6. The van der Waals surface area contributed by atoms with Crippen molar-refractivity contribution in [3.8, 4) is 0 Å². The Morgan fingerprint density at radius 3 is 1.80 bits per heavy atom. The lowest BCUT2D eigenvalue weighted by Crippen LogP contribution is -2.68. The lowest BCUT2D eigenvalue weighted by Gasteiger charge is -2.46. The number of aliphatic hydroxyl groups is 2. The molecule has 1 heterocycles. The number of rotatable bonds is 5. The molecule has 11 heteroatoms. The van der Waals surface area contributed by atoms with Gasteiger partial charge >= 0.3 is 23.9 Å². The Kier molecular flexibility index (Phi) is 6.85. The first-order chi connectivity index (χ1) is 11.5. The smallest absolute Gasteiger partial charge is 0.303 e. The fourth-order valence-electron chi connectivity index (χ4n) is 2.23. The Labute approximate surface area is 142 Å². The molecular weight excluding hydrogens is 344 g/mol. The number of aliphatic hydroxyl groups excluding tert-OH is 1. The topological polar surface area (TPSA) is 155 Å². The summed E-state index contributed by atoms with van der Waals surface area (Å²) < 4.78 is 24.3. The van der Waals surface area contributed by atoms with Crippen molar-refractivity contribution in [3.63, 3.8) is 0 Å². The molecule has 0 unspecified atom stereocenters.